The zero-order valence-electron chi connectivity index (χ0n) is 15.2. The summed E-state index contributed by atoms with van der Waals surface area (Å²) in [6.45, 7) is 9.78. The number of aromatic nitrogens is 1. The lowest BCUT2D eigenvalue weighted by Crippen LogP contribution is -2.45. The Hall–Kier alpha value is -2.40. The van der Waals surface area contributed by atoms with Crippen molar-refractivity contribution >= 4 is 17.4 Å². The highest BCUT2D eigenvalue weighted by Gasteiger charge is 2.23. The summed E-state index contributed by atoms with van der Waals surface area (Å²) in [5, 5.41) is 2.95. The Labute approximate surface area is 149 Å². The van der Waals surface area contributed by atoms with Crippen LogP contribution in [0, 0.1) is 13.8 Å². The number of amides is 1. The number of aryl methyl sites for hydroxylation is 2. The van der Waals surface area contributed by atoms with Crippen molar-refractivity contribution in [2.75, 3.05) is 23.3 Å². The normalized spacial score (nSPS) is 20.4. The second kappa shape index (κ2) is 7.23. The highest BCUT2D eigenvalue weighted by molar-refractivity contribution is 6.04. The molecule has 2 unspecified atom stereocenters. The molecule has 1 N–H and O–H groups in total. The Morgan fingerprint density at radius 1 is 1.16 bits per heavy atom. The summed E-state index contributed by atoms with van der Waals surface area (Å²) in [6, 6.07) is 9.71. The van der Waals surface area contributed by atoms with Crippen molar-refractivity contribution in [3.63, 3.8) is 0 Å². The quantitative estimate of drug-likeness (QED) is 0.929. The molecular formula is C20H25N3O2. The van der Waals surface area contributed by atoms with Gasteiger partial charge in [-0.3, -0.25) is 4.79 Å². The van der Waals surface area contributed by atoms with Crippen LogP contribution in [0.4, 0.5) is 11.5 Å². The lowest BCUT2D eigenvalue weighted by Gasteiger charge is -2.36. The Morgan fingerprint density at radius 3 is 2.48 bits per heavy atom. The number of carbonyl (C=O) groups excluding carboxylic acids is 1. The fraction of sp³-hybridized carbons (Fsp3) is 0.400. The topological polar surface area (TPSA) is 54.5 Å². The van der Waals surface area contributed by atoms with Gasteiger partial charge in [-0.05, 0) is 51.5 Å². The lowest BCUT2D eigenvalue weighted by molar-refractivity contribution is -0.00546. The first-order valence-electron chi connectivity index (χ1n) is 8.67. The summed E-state index contributed by atoms with van der Waals surface area (Å²) in [6.07, 6.45) is 2.00. The zero-order valence-corrected chi connectivity index (χ0v) is 15.2. The first-order chi connectivity index (χ1) is 11.9. The van der Waals surface area contributed by atoms with Crippen LogP contribution in [0.3, 0.4) is 0 Å². The summed E-state index contributed by atoms with van der Waals surface area (Å²) in [4.78, 5) is 19.1. The molecule has 1 fully saturated rings. The van der Waals surface area contributed by atoms with Crippen LogP contribution in [-0.2, 0) is 4.74 Å². The van der Waals surface area contributed by atoms with Crippen molar-refractivity contribution in [3.8, 4) is 0 Å². The second-order valence-corrected chi connectivity index (χ2v) is 6.84. The largest absolute Gasteiger partial charge is 0.372 e. The van der Waals surface area contributed by atoms with E-state index in [2.05, 4.69) is 35.1 Å². The van der Waals surface area contributed by atoms with Gasteiger partial charge < -0.3 is 15.0 Å². The van der Waals surface area contributed by atoms with Gasteiger partial charge in [0.1, 0.15) is 5.82 Å². The van der Waals surface area contributed by atoms with Gasteiger partial charge in [0.05, 0.1) is 17.8 Å². The monoisotopic (exact) mass is 339 g/mol. The number of hydrogen-bond donors (Lipinski definition) is 1. The maximum absolute atomic E-state index is 12.5. The minimum absolute atomic E-state index is 0.144. The van der Waals surface area contributed by atoms with Gasteiger partial charge in [0.25, 0.3) is 5.91 Å². The van der Waals surface area contributed by atoms with Crippen molar-refractivity contribution in [2.24, 2.45) is 0 Å². The summed E-state index contributed by atoms with van der Waals surface area (Å²) in [5.41, 5.74) is 3.61. The molecule has 2 aromatic rings. The molecule has 0 bridgehead atoms. The lowest BCUT2D eigenvalue weighted by atomic mass is 10.1. The molecule has 1 saturated heterocycles. The first-order valence-corrected chi connectivity index (χ1v) is 8.67. The van der Waals surface area contributed by atoms with Gasteiger partial charge in [-0.2, -0.15) is 0 Å². The smallest absolute Gasteiger partial charge is 0.257 e. The molecule has 5 nitrogen and oxygen atoms in total. The predicted octanol–water partition coefficient (Wildman–Crippen LogP) is 3.56. The number of ether oxygens (including phenoxy) is 1. The van der Waals surface area contributed by atoms with Gasteiger partial charge in [-0.15, -0.1) is 0 Å². The van der Waals surface area contributed by atoms with Gasteiger partial charge >= 0.3 is 0 Å². The van der Waals surface area contributed by atoms with E-state index in [1.807, 2.05) is 38.1 Å². The second-order valence-electron chi connectivity index (χ2n) is 6.84. The molecule has 132 valence electrons. The van der Waals surface area contributed by atoms with E-state index in [-0.39, 0.29) is 18.1 Å². The van der Waals surface area contributed by atoms with Crippen molar-refractivity contribution in [1.29, 1.82) is 0 Å². The van der Waals surface area contributed by atoms with Crippen molar-refractivity contribution < 1.29 is 9.53 Å². The van der Waals surface area contributed by atoms with Crippen LogP contribution in [0.1, 0.15) is 35.3 Å². The average Bonchev–Trinajstić information content (AvgIpc) is 2.56. The van der Waals surface area contributed by atoms with Crippen LogP contribution in [0.15, 0.2) is 36.5 Å². The van der Waals surface area contributed by atoms with Gasteiger partial charge in [0, 0.05) is 25.0 Å². The fourth-order valence-electron chi connectivity index (χ4n) is 3.22. The van der Waals surface area contributed by atoms with Crippen molar-refractivity contribution in [2.45, 2.75) is 39.9 Å². The van der Waals surface area contributed by atoms with E-state index < -0.39 is 0 Å². The fourth-order valence-corrected chi connectivity index (χ4v) is 3.22. The molecule has 1 aromatic carbocycles. The number of anilines is 2. The number of carbonyl (C=O) groups is 1. The zero-order chi connectivity index (χ0) is 18.0. The molecule has 1 aromatic heterocycles. The average molecular weight is 339 g/mol. The van der Waals surface area contributed by atoms with E-state index in [1.54, 1.807) is 6.20 Å². The molecule has 2 heterocycles. The Morgan fingerprint density at radius 2 is 1.88 bits per heavy atom. The minimum Gasteiger partial charge on any atom is -0.372 e. The molecular weight excluding hydrogens is 314 g/mol. The van der Waals surface area contributed by atoms with Crippen LogP contribution in [0.2, 0.25) is 0 Å². The third-order valence-corrected chi connectivity index (χ3v) is 4.38. The van der Waals surface area contributed by atoms with Crippen LogP contribution in [0.25, 0.3) is 0 Å². The van der Waals surface area contributed by atoms with Gasteiger partial charge in [0.15, 0.2) is 0 Å². The predicted molar refractivity (Wildman–Crippen MR) is 100 cm³/mol. The molecule has 0 radical (unpaired) electrons. The number of morpholine rings is 1. The van der Waals surface area contributed by atoms with Gasteiger partial charge in [-0.1, -0.05) is 17.7 Å². The van der Waals surface area contributed by atoms with E-state index in [0.717, 1.165) is 30.2 Å². The van der Waals surface area contributed by atoms with E-state index in [9.17, 15) is 4.79 Å². The Bertz CT molecular complexity index is 748. The Kier molecular flexibility index (Phi) is 5.04. The summed E-state index contributed by atoms with van der Waals surface area (Å²) < 4.78 is 5.75. The van der Waals surface area contributed by atoms with E-state index in [1.165, 1.54) is 5.56 Å². The molecule has 3 rings (SSSR count). The van der Waals surface area contributed by atoms with Gasteiger partial charge in [-0.25, -0.2) is 4.98 Å². The van der Waals surface area contributed by atoms with E-state index >= 15 is 0 Å². The van der Waals surface area contributed by atoms with Crippen LogP contribution in [-0.4, -0.2) is 36.2 Å². The molecule has 0 aliphatic carbocycles. The van der Waals surface area contributed by atoms with Crippen LogP contribution >= 0.6 is 0 Å². The van der Waals surface area contributed by atoms with Crippen molar-refractivity contribution in [3.05, 3.63) is 53.2 Å². The van der Waals surface area contributed by atoms with Gasteiger partial charge in [0.2, 0.25) is 0 Å². The van der Waals surface area contributed by atoms with E-state index in [0.29, 0.717) is 5.56 Å². The maximum atomic E-state index is 12.5. The summed E-state index contributed by atoms with van der Waals surface area (Å²) in [7, 11) is 0. The van der Waals surface area contributed by atoms with Crippen molar-refractivity contribution in [1.82, 2.24) is 4.98 Å². The highest BCUT2D eigenvalue weighted by Crippen LogP contribution is 2.20. The number of pyridine rings is 1. The molecule has 0 spiro atoms. The molecule has 1 aliphatic rings. The summed E-state index contributed by atoms with van der Waals surface area (Å²) >= 11 is 0. The number of rotatable bonds is 3. The summed E-state index contributed by atoms with van der Waals surface area (Å²) in [5.74, 6) is 0.736. The van der Waals surface area contributed by atoms with E-state index in [4.69, 9.17) is 4.74 Å². The number of nitrogens with zero attached hydrogens (tertiary/aromatic N) is 2. The number of nitrogens with one attached hydrogen (secondary N) is 1. The first kappa shape index (κ1) is 17.4. The van der Waals surface area contributed by atoms with Crippen LogP contribution < -0.4 is 10.2 Å². The highest BCUT2D eigenvalue weighted by atomic mass is 16.5. The molecule has 1 aliphatic heterocycles. The van der Waals surface area contributed by atoms with Crippen LogP contribution in [0.5, 0.6) is 0 Å². The molecule has 25 heavy (non-hydrogen) atoms. The SMILES string of the molecule is Cc1ccc(NC(=O)c2ccc(N3CC(C)OC(C)C3)nc2)c(C)c1. The number of hydrogen-bond acceptors (Lipinski definition) is 4. The molecule has 1 amide bonds. The maximum Gasteiger partial charge on any atom is 0.257 e. The standard InChI is InChI=1S/C20H25N3O2/c1-13-5-7-18(14(2)9-13)22-20(24)17-6-8-19(21-10-17)23-11-15(3)25-16(4)12-23/h5-10,15-16H,11-12H2,1-4H3,(H,22,24). The minimum atomic E-state index is -0.144. The molecule has 2 atom stereocenters. The third-order valence-electron chi connectivity index (χ3n) is 4.38. The third kappa shape index (κ3) is 4.17. The Balaban J connectivity index is 1.70. The molecule has 5 heteroatoms. The number of benzene rings is 1. The molecule has 0 saturated carbocycles.